The maximum atomic E-state index is 12.6. The Bertz CT molecular complexity index is 965. The first-order chi connectivity index (χ1) is 14.3. The molecule has 1 amide bonds. The Hall–Kier alpha value is -2.83. The first-order valence-electron chi connectivity index (χ1n) is 9.62. The molecule has 1 aromatic heterocycles. The van der Waals surface area contributed by atoms with Crippen LogP contribution >= 0.6 is 11.8 Å². The molecule has 0 radical (unpaired) electrons. The molecule has 148 valence electrons. The second-order valence-electron chi connectivity index (χ2n) is 6.87. The lowest BCUT2D eigenvalue weighted by atomic mass is 10.2. The number of para-hydroxylation sites is 1. The van der Waals surface area contributed by atoms with E-state index >= 15 is 0 Å². The molecule has 1 N–H and O–H groups in total. The van der Waals surface area contributed by atoms with Crippen molar-refractivity contribution in [3.05, 3.63) is 84.1 Å². The molecular formula is C23H23N3O2S. The van der Waals surface area contributed by atoms with Crippen molar-refractivity contribution in [3.8, 4) is 5.75 Å². The average Bonchev–Trinajstić information content (AvgIpc) is 2.95. The Morgan fingerprint density at radius 2 is 2.00 bits per heavy atom. The van der Waals surface area contributed by atoms with Crippen molar-refractivity contribution in [2.75, 3.05) is 25.0 Å². The maximum absolute atomic E-state index is 12.6. The van der Waals surface area contributed by atoms with E-state index in [4.69, 9.17) is 4.74 Å². The van der Waals surface area contributed by atoms with Gasteiger partial charge in [0.05, 0.1) is 11.6 Å². The second-order valence-corrected chi connectivity index (χ2v) is 7.87. The minimum absolute atomic E-state index is 0.0149. The quantitative estimate of drug-likeness (QED) is 0.623. The highest BCUT2D eigenvalue weighted by atomic mass is 32.2. The predicted octanol–water partition coefficient (Wildman–Crippen LogP) is 4.21. The van der Waals surface area contributed by atoms with E-state index in [1.54, 1.807) is 18.0 Å². The number of pyridine rings is 1. The van der Waals surface area contributed by atoms with E-state index in [0.717, 1.165) is 39.9 Å². The van der Waals surface area contributed by atoms with Crippen molar-refractivity contribution in [2.45, 2.75) is 17.3 Å². The minimum Gasteiger partial charge on any atom is -0.492 e. The van der Waals surface area contributed by atoms with Crippen LogP contribution in [-0.2, 0) is 17.1 Å². The second kappa shape index (κ2) is 9.58. The Morgan fingerprint density at radius 3 is 2.90 bits per heavy atom. The molecule has 1 aliphatic heterocycles. The molecule has 2 heterocycles. The zero-order chi connectivity index (χ0) is 19.9. The Balaban J connectivity index is 1.32. The Kier molecular flexibility index (Phi) is 6.44. The highest BCUT2D eigenvalue weighted by Crippen LogP contribution is 2.23. The van der Waals surface area contributed by atoms with Gasteiger partial charge in [0, 0.05) is 36.3 Å². The number of aromatic nitrogens is 1. The van der Waals surface area contributed by atoms with Gasteiger partial charge in [0.2, 0.25) is 5.91 Å². The van der Waals surface area contributed by atoms with Gasteiger partial charge in [-0.2, -0.15) is 0 Å². The number of thioether (sulfide) groups is 1. The lowest BCUT2D eigenvalue weighted by Gasteiger charge is -2.18. The molecule has 0 aliphatic carbocycles. The monoisotopic (exact) mass is 405 g/mol. The summed E-state index contributed by atoms with van der Waals surface area (Å²) in [4.78, 5) is 19.0. The zero-order valence-corrected chi connectivity index (χ0v) is 16.9. The number of nitrogens with zero attached hydrogens (tertiary/aromatic N) is 2. The first kappa shape index (κ1) is 19.5. The normalized spacial score (nSPS) is 13.8. The van der Waals surface area contributed by atoms with Crippen molar-refractivity contribution < 1.29 is 9.53 Å². The lowest BCUT2D eigenvalue weighted by Crippen LogP contribution is -2.34. The zero-order valence-electron chi connectivity index (χ0n) is 16.1. The molecule has 0 bridgehead atoms. The highest BCUT2D eigenvalue weighted by Gasteiger charge is 2.17. The third kappa shape index (κ3) is 5.59. The Morgan fingerprint density at radius 1 is 1.10 bits per heavy atom. The Labute approximate surface area is 175 Å². The van der Waals surface area contributed by atoms with Crippen LogP contribution in [0.5, 0.6) is 5.75 Å². The fraction of sp³-hybridized carbons (Fsp3) is 0.217. The number of anilines is 1. The number of amides is 1. The number of hydrogen-bond acceptors (Lipinski definition) is 5. The molecule has 1 aliphatic rings. The number of fused-ring (bicyclic) bond motifs is 1. The van der Waals surface area contributed by atoms with Crippen LogP contribution in [-0.4, -0.2) is 35.5 Å². The molecule has 4 rings (SSSR count). The molecule has 2 aromatic carbocycles. The average molecular weight is 406 g/mol. The van der Waals surface area contributed by atoms with E-state index < -0.39 is 0 Å². The third-order valence-corrected chi connectivity index (χ3v) is 5.65. The van der Waals surface area contributed by atoms with Crippen LogP contribution in [0.3, 0.4) is 0 Å². The summed E-state index contributed by atoms with van der Waals surface area (Å²) < 4.78 is 5.78. The van der Waals surface area contributed by atoms with E-state index in [0.29, 0.717) is 19.7 Å². The molecule has 0 fully saturated rings. The first-order valence-corrected chi connectivity index (χ1v) is 10.6. The molecule has 0 saturated carbocycles. The summed E-state index contributed by atoms with van der Waals surface area (Å²) in [6.07, 6.45) is 1.80. The number of ether oxygens (including phenoxy) is 1. The van der Waals surface area contributed by atoms with Crippen molar-refractivity contribution in [1.29, 1.82) is 0 Å². The van der Waals surface area contributed by atoms with Gasteiger partial charge in [-0.15, -0.1) is 11.8 Å². The summed E-state index contributed by atoms with van der Waals surface area (Å²) in [5.74, 6) is 1.70. The van der Waals surface area contributed by atoms with Crippen LogP contribution in [0.25, 0.3) is 0 Å². The third-order valence-electron chi connectivity index (χ3n) is 4.63. The van der Waals surface area contributed by atoms with Crippen molar-refractivity contribution in [3.63, 3.8) is 0 Å². The summed E-state index contributed by atoms with van der Waals surface area (Å²) >= 11 is 1.68. The standard InChI is InChI=1S/C23H23N3O2S/c27-22(16-26-12-13-28-21-9-2-1-7-19(21)15-26)25-20-8-5-6-18(14-20)17-29-23-10-3-4-11-24-23/h1-11,14H,12-13,15-17H2,(H,25,27). The van der Waals surface area contributed by atoms with Crippen molar-refractivity contribution >= 4 is 23.4 Å². The van der Waals surface area contributed by atoms with E-state index in [1.165, 1.54) is 0 Å². The molecular weight excluding hydrogens is 382 g/mol. The van der Waals surface area contributed by atoms with Crippen molar-refractivity contribution in [1.82, 2.24) is 9.88 Å². The van der Waals surface area contributed by atoms with Gasteiger partial charge in [0.1, 0.15) is 12.4 Å². The predicted molar refractivity (Wildman–Crippen MR) is 116 cm³/mol. The van der Waals surface area contributed by atoms with Crippen molar-refractivity contribution in [2.24, 2.45) is 0 Å². The molecule has 6 heteroatoms. The largest absolute Gasteiger partial charge is 0.492 e. The summed E-state index contributed by atoms with van der Waals surface area (Å²) in [6.45, 7) is 2.36. The smallest absolute Gasteiger partial charge is 0.238 e. The van der Waals surface area contributed by atoms with Gasteiger partial charge in [-0.3, -0.25) is 9.69 Å². The van der Waals surface area contributed by atoms with E-state index in [2.05, 4.69) is 21.3 Å². The lowest BCUT2D eigenvalue weighted by molar-refractivity contribution is -0.117. The van der Waals surface area contributed by atoms with E-state index in [9.17, 15) is 4.79 Å². The van der Waals surface area contributed by atoms with Gasteiger partial charge >= 0.3 is 0 Å². The minimum atomic E-state index is -0.0149. The number of hydrogen-bond donors (Lipinski definition) is 1. The fourth-order valence-electron chi connectivity index (χ4n) is 3.25. The summed E-state index contributed by atoms with van der Waals surface area (Å²) in [5, 5.41) is 4.02. The topological polar surface area (TPSA) is 54.5 Å². The van der Waals surface area contributed by atoms with Crippen LogP contribution in [0, 0.1) is 0 Å². The molecule has 0 spiro atoms. The van der Waals surface area contributed by atoms with Gasteiger partial charge in [-0.1, -0.05) is 36.4 Å². The van der Waals surface area contributed by atoms with Crippen LogP contribution in [0.2, 0.25) is 0 Å². The number of carbonyl (C=O) groups is 1. The van der Waals surface area contributed by atoms with Crippen LogP contribution in [0.15, 0.2) is 78.0 Å². The van der Waals surface area contributed by atoms with Gasteiger partial charge in [-0.05, 0) is 35.9 Å². The van der Waals surface area contributed by atoms with E-state index in [1.807, 2.05) is 60.7 Å². The summed E-state index contributed by atoms with van der Waals surface area (Å²) in [6, 6.07) is 21.9. The number of rotatable bonds is 6. The molecule has 29 heavy (non-hydrogen) atoms. The summed E-state index contributed by atoms with van der Waals surface area (Å²) in [7, 11) is 0. The molecule has 0 atom stereocenters. The molecule has 0 saturated heterocycles. The fourth-order valence-corrected chi connectivity index (χ4v) is 4.05. The van der Waals surface area contributed by atoms with Crippen LogP contribution in [0.1, 0.15) is 11.1 Å². The van der Waals surface area contributed by atoms with E-state index in [-0.39, 0.29) is 5.91 Å². The summed E-state index contributed by atoms with van der Waals surface area (Å²) in [5.41, 5.74) is 3.09. The highest BCUT2D eigenvalue weighted by molar-refractivity contribution is 7.98. The number of nitrogens with one attached hydrogen (secondary N) is 1. The molecule has 0 unspecified atom stereocenters. The SMILES string of the molecule is O=C(CN1CCOc2ccccc2C1)Nc1cccc(CSc2ccccn2)c1. The van der Waals surface area contributed by atoms with Gasteiger partial charge in [0.25, 0.3) is 0 Å². The molecule has 5 nitrogen and oxygen atoms in total. The maximum Gasteiger partial charge on any atom is 0.238 e. The molecule has 3 aromatic rings. The van der Waals surface area contributed by atoms with Crippen LogP contribution in [0.4, 0.5) is 5.69 Å². The van der Waals surface area contributed by atoms with Gasteiger partial charge < -0.3 is 10.1 Å². The van der Waals surface area contributed by atoms with Crippen LogP contribution < -0.4 is 10.1 Å². The number of carbonyl (C=O) groups excluding carboxylic acids is 1. The number of benzene rings is 2. The van der Waals surface area contributed by atoms with Gasteiger partial charge in [0.15, 0.2) is 0 Å². The van der Waals surface area contributed by atoms with Gasteiger partial charge in [-0.25, -0.2) is 4.98 Å².